The summed E-state index contributed by atoms with van der Waals surface area (Å²) in [5.41, 5.74) is 1.81. The molecular formula is C14H22N2O2. The first-order valence-electron chi connectivity index (χ1n) is 6.45. The highest BCUT2D eigenvalue weighted by Crippen LogP contribution is 2.14. The molecular weight excluding hydrogens is 228 g/mol. The smallest absolute Gasteiger partial charge is 0.411 e. The highest BCUT2D eigenvalue weighted by Gasteiger charge is 1.99. The molecule has 0 saturated heterocycles. The van der Waals surface area contributed by atoms with Crippen molar-refractivity contribution in [2.75, 3.05) is 24.3 Å². The lowest BCUT2D eigenvalue weighted by Gasteiger charge is -2.08. The number of anilines is 2. The Kier molecular flexibility index (Phi) is 6.69. The molecule has 18 heavy (non-hydrogen) atoms. The molecule has 2 N–H and O–H groups in total. The summed E-state index contributed by atoms with van der Waals surface area (Å²) >= 11 is 0. The van der Waals surface area contributed by atoms with E-state index in [9.17, 15) is 4.79 Å². The van der Waals surface area contributed by atoms with Crippen LogP contribution in [0.25, 0.3) is 0 Å². The van der Waals surface area contributed by atoms with Gasteiger partial charge in [-0.05, 0) is 30.7 Å². The van der Waals surface area contributed by atoms with Gasteiger partial charge in [0, 0.05) is 17.9 Å². The molecule has 0 aliphatic carbocycles. The second-order valence-electron chi connectivity index (χ2n) is 4.18. The summed E-state index contributed by atoms with van der Waals surface area (Å²) in [7, 11) is 1.35. The van der Waals surface area contributed by atoms with Crippen LogP contribution >= 0.6 is 0 Å². The second-order valence-corrected chi connectivity index (χ2v) is 4.18. The molecule has 1 amide bonds. The van der Waals surface area contributed by atoms with Crippen molar-refractivity contribution in [1.29, 1.82) is 0 Å². The van der Waals surface area contributed by atoms with E-state index in [4.69, 9.17) is 0 Å². The molecule has 1 aromatic rings. The number of ether oxygens (including phenoxy) is 1. The van der Waals surface area contributed by atoms with Crippen LogP contribution in [0.2, 0.25) is 0 Å². The van der Waals surface area contributed by atoms with Crippen LogP contribution in [0, 0.1) is 0 Å². The highest BCUT2D eigenvalue weighted by molar-refractivity contribution is 5.84. The van der Waals surface area contributed by atoms with Gasteiger partial charge in [0.2, 0.25) is 0 Å². The van der Waals surface area contributed by atoms with Gasteiger partial charge in [0.25, 0.3) is 0 Å². The molecule has 0 aliphatic heterocycles. The van der Waals surface area contributed by atoms with Crippen molar-refractivity contribution in [3.63, 3.8) is 0 Å². The van der Waals surface area contributed by atoms with Gasteiger partial charge in [-0.3, -0.25) is 5.32 Å². The van der Waals surface area contributed by atoms with Crippen LogP contribution < -0.4 is 10.6 Å². The third-order valence-electron chi connectivity index (χ3n) is 2.68. The highest BCUT2D eigenvalue weighted by atomic mass is 16.5. The quantitative estimate of drug-likeness (QED) is 0.722. The predicted octanol–water partition coefficient (Wildman–Crippen LogP) is 3.86. The average Bonchev–Trinajstić information content (AvgIpc) is 2.40. The topological polar surface area (TPSA) is 50.4 Å². The Morgan fingerprint density at radius 1 is 1.11 bits per heavy atom. The molecule has 4 heteroatoms. The molecule has 4 nitrogen and oxygen atoms in total. The van der Waals surface area contributed by atoms with E-state index in [0.29, 0.717) is 0 Å². The number of hydrogen-bond acceptors (Lipinski definition) is 3. The number of benzene rings is 1. The third kappa shape index (κ3) is 5.57. The first-order chi connectivity index (χ1) is 8.76. The molecule has 0 bridgehead atoms. The van der Waals surface area contributed by atoms with Gasteiger partial charge < -0.3 is 10.1 Å². The number of methoxy groups -OCH3 is 1. The van der Waals surface area contributed by atoms with Crippen molar-refractivity contribution >= 4 is 17.5 Å². The van der Waals surface area contributed by atoms with Crippen LogP contribution in [0.3, 0.4) is 0 Å². The van der Waals surface area contributed by atoms with Gasteiger partial charge in [0.1, 0.15) is 0 Å². The van der Waals surface area contributed by atoms with Gasteiger partial charge in [-0.25, -0.2) is 4.79 Å². The maximum absolute atomic E-state index is 11.0. The number of nitrogens with one attached hydrogen (secondary N) is 2. The molecule has 0 aliphatic rings. The minimum absolute atomic E-state index is 0.449. The largest absolute Gasteiger partial charge is 0.453 e. The molecule has 0 spiro atoms. The van der Waals surface area contributed by atoms with Crippen LogP contribution in [-0.4, -0.2) is 19.7 Å². The summed E-state index contributed by atoms with van der Waals surface area (Å²) in [6.45, 7) is 3.20. The van der Waals surface area contributed by atoms with Crippen molar-refractivity contribution in [1.82, 2.24) is 0 Å². The molecule has 0 unspecified atom stereocenters. The zero-order valence-corrected chi connectivity index (χ0v) is 11.2. The summed E-state index contributed by atoms with van der Waals surface area (Å²) in [5.74, 6) is 0. The first kappa shape index (κ1) is 14.4. The van der Waals surface area contributed by atoms with Gasteiger partial charge >= 0.3 is 6.09 Å². The van der Waals surface area contributed by atoms with E-state index in [1.807, 2.05) is 24.3 Å². The van der Waals surface area contributed by atoms with E-state index < -0.39 is 6.09 Å². The molecule has 0 saturated carbocycles. The molecule has 0 radical (unpaired) electrons. The van der Waals surface area contributed by atoms with Crippen molar-refractivity contribution in [3.8, 4) is 0 Å². The van der Waals surface area contributed by atoms with E-state index >= 15 is 0 Å². The molecule has 100 valence electrons. The van der Waals surface area contributed by atoms with E-state index in [0.717, 1.165) is 17.9 Å². The molecule has 0 aromatic heterocycles. The minimum Gasteiger partial charge on any atom is -0.453 e. The zero-order chi connectivity index (χ0) is 13.2. The Hall–Kier alpha value is -1.71. The Balaban J connectivity index is 2.29. The summed E-state index contributed by atoms with van der Waals surface area (Å²) < 4.78 is 4.52. The van der Waals surface area contributed by atoms with E-state index in [1.165, 1.54) is 32.8 Å². The minimum atomic E-state index is -0.449. The van der Waals surface area contributed by atoms with Crippen LogP contribution in [0.1, 0.15) is 32.6 Å². The zero-order valence-electron chi connectivity index (χ0n) is 11.2. The van der Waals surface area contributed by atoms with Crippen LogP contribution in [0.15, 0.2) is 24.3 Å². The number of amides is 1. The van der Waals surface area contributed by atoms with Crippen molar-refractivity contribution < 1.29 is 9.53 Å². The lowest BCUT2D eigenvalue weighted by Crippen LogP contribution is -2.10. The summed E-state index contributed by atoms with van der Waals surface area (Å²) in [4.78, 5) is 11.0. The summed E-state index contributed by atoms with van der Waals surface area (Å²) in [6, 6.07) is 7.60. The number of hydrogen-bond donors (Lipinski definition) is 2. The van der Waals surface area contributed by atoms with Crippen LogP contribution in [0.4, 0.5) is 16.2 Å². The maximum atomic E-state index is 11.0. The van der Waals surface area contributed by atoms with Gasteiger partial charge in [0.15, 0.2) is 0 Å². The first-order valence-corrected chi connectivity index (χ1v) is 6.45. The number of carbonyl (C=O) groups is 1. The fraction of sp³-hybridized carbons (Fsp3) is 0.500. The summed E-state index contributed by atoms with van der Waals surface area (Å²) in [6.07, 6.45) is 4.56. The maximum Gasteiger partial charge on any atom is 0.411 e. The SMILES string of the molecule is CCCCCCNc1ccc(NC(=O)OC)cc1. The van der Waals surface area contributed by atoms with Crippen LogP contribution in [-0.2, 0) is 4.74 Å². The Bertz CT molecular complexity index is 349. The Labute approximate surface area is 109 Å². The molecule has 0 heterocycles. The third-order valence-corrected chi connectivity index (χ3v) is 2.68. The normalized spacial score (nSPS) is 9.89. The van der Waals surface area contributed by atoms with Crippen molar-refractivity contribution in [2.24, 2.45) is 0 Å². The van der Waals surface area contributed by atoms with E-state index in [1.54, 1.807) is 0 Å². The van der Waals surface area contributed by atoms with Gasteiger partial charge in [-0.2, -0.15) is 0 Å². The lowest BCUT2D eigenvalue weighted by atomic mass is 10.2. The lowest BCUT2D eigenvalue weighted by molar-refractivity contribution is 0.187. The predicted molar refractivity (Wildman–Crippen MR) is 75.1 cm³/mol. The van der Waals surface area contributed by atoms with E-state index in [-0.39, 0.29) is 0 Å². The van der Waals surface area contributed by atoms with Crippen LogP contribution in [0.5, 0.6) is 0 Å². The Morgan fingerprint density at radius 3 is 2.39 bits per heavy atom. The number of unbranched alkanes of at least 4 members (excludes halogenated alkanes) is 3. The monoisotopic (exact) mass is 250 g/mol. The average molecular weight is 250 g/mol. The summed E-state index contributed by atoms with van der Waals surface area (Å²) in [5, 5.41) is 5.97. The Morgan fingerprint density at radius 2 is 1.78 bits per heavy atom. The fourth-order valence-electron chi connectivity index (χ4n) is 1.62. The molecule has 1 aromatic carbocycles. The van der Waals surface area contributed by atoms with Gasteiger partial charge in [-0.1, -0.05) is 26.2 Å². The van der Waals surface area contributed by atoms with Crippen molar-refractivity contribution in [2.45, 2.75) is 32.6 Å². The van der Waals surface area contributed by atoms with Gasteiger partial charge in [0.05, 0.1) is 7.11 Å². The number of carbonyl (C=O) groups excluding carboxylic acids is 1. The number of rotatable bonds is 7. The van der Waals surface area contributed by atoms with Crippen molar-refractivity contribution in [3.05, 3.63) is 24.3 Å². The molecule has 0 atom stereocenters. The van der Waals surface area contributed by atoms with Gasteiger partial charge in [-0.15, -0.1) is 0 Å². The molecule has 0 fully saturated rings. The second kappa shape index (κ2) is 8.39. The fourth-order valence-corrected chi connectivity index (χ4v) is 1.62. The van der Waals surface area contributed by atoms with E-state index in [2.05, 4.69) is 22.3 Å². The standard InChI is InChI=1S/C14H22N2O2/c1-3-4-5-6-11-15-12-7-9-13(10-8-12)16-14(17)18-2/h7-10,15H,3-6,11H2,1-2H3,(H,16,17). The molecule has 1 rings (SSSR count).